The molecule has 0 aliphatic carbocycles. The summed E-state index contributed by atoms with van der Waals surface area (Å²) in [4.78, 5) is 14.9. The Balaban J connectivity index is 2.22. The lowest BCUT2D eigenvalue weighted by molar-refractivity contribution is 0.0542. The monoisotopic (exact) mass is 340 g/mol. The maximum atomic E-state index is 13.1. The van der Waals surface area contributed by atoms with Crippen molar-refractivity contribution in [1.82, 2.24) is 4.90 Å². The highest BCUT2D eigenvalue weighted by Gasteiger charge is 2.22. The Labute approximate surface area is 150 Å². The third-order valence-corrected chi connectivity index (χ3v) is 4.27. The molecule has 0 aliphatic rings. The molecule has 0 fully saturated rings. The van der Waals surface area contributed by atoms with Crippen molar-refractivity contribution in [3.8, 4) is 0 Å². The van der Waals surface area contributed by atoms with Gasteiger partial charge in [-0.15, -0.1) is 0 Å². The number of ether oxygens (including phenoxy) is 1. The zero-order valence-corrected chi connectivity index (χ0v) is 15.4. The summed E-state index contributed by atoms with van der Waals surface area (Å²) in [5.41, 5.74) is 9.74. The number of aryl methyl sites for hydroxylation is 1. The van der Waals surface area contributed by atoms with Gasteiger partial charge in [0.25, 0.3) is 5.91 Å². The molecule has 2 rings (SSSR count). The zero-order valence-electron chi connectivity index (χ0n) is 15.4. The van der Waals surface area contributed by atoms with Crippen LogP contribution in [0.5, 0.6) is 0 Å². The quantitative estimate of drug-likeness (QED) is 0.803. The third kappa shape index (κ3) is 5.41. The normalized spacial score (nSPS) is 12.0. The third-order valence-electron chi connectivity index (χ3n) is 4.27. The molecule has 2 N–H and O–H groups in total. The number of nitrogens with zero attached hydrogens (tertiary/aromatic N) is 1. The standard InChI is InChI=1S/C21H28N2O2/c1-16-5-4-6-19(13-16)14-23(17(2)15-25-3)21(24)20-9-7-18(8-10-20)11-12-22/h4-10,13,17H,11-12,14-15,22H2,1-3H3/t17-/m1/s1. The second-order valence-corrected chi connectivity index (χ2v) is 6.46. The highest BCUT2D eigenvalue weighted by Crippen LogP contribution is 2.16. The van der Waals surface area contributed by atoms with E-state index in [4.69, 9.17) is 10.5 Å². The van der Waals surface area contributed by atoms with Gasteiger partial charge in [0.15, 0.2) is 0 Å². The van der Waals surface area contributed by atoms with E-state index >= 15 is 0 Å². The van der Waals surface area contributed by atoms with Crippen LogP contribution in [0.3, 0.4) is 0 Å². The van der Waals surface area contributed by atoms with Crippen LogP contribution in [0.25, 0.3) is 0 Å². The molecule has 0 saturated carbocycles. The molecular formula is C21H28N2O2. The van der Waals surface area contributed by atoms with Crippen LogP contribution in [0.2, 0.25) is 0 Å². The van der Waals surface area contributed by atoms with E-state index in [2.05, 4.69) is 25.1 Å². The number of carbonyl (C=O) groups is 1. The van der Waals surface area contributed by atoms with Crippen molar-refractivity contribution < 1.29 is 9.53 Å². The highest BCUT2D eigenvalue weighted by atomic mass is 16.5. The van der Waals surface area contributed by atoms with E-state index in [1.165, 1.54) is 5.56 Å². The second kappa shape index (κ2) is 9.35. The summed E-state index contributed by atoms with van der Waals surface area (Å²) in [6.45, 7) is 5.75. The molecular weight excluding hydrogens is 312 g/mol. The largest absolute Gasteiger partial charge is 0.383 e. The number of hydrogen-bond acceptors (Lipinski definition) is 3. The van der Waals surface area contributed by atoms with Gasteiger partial charge in [-0.3, -0.25) is 4.79 Å². The van der Waals surface area contributed by atoms with Gasteiger partial charge in [-0.05, 0) is 50.1 Å². The van der Waals surface area contributed by atoms with Crippen LogP contribution in [0.1, 0.15) is 34.0 Å². The first-order valence-electron chi connectivity index (χ1n) is 8.69. The van der Waals surface area contributed by atoms with Gasteiger partial charge in [0.05, 0.1) is 12.6 Å². The summed E-state index contributed by atoms with van der Waals surface area (Å²) < 4.78 is 5.28. The Morgan fingerprint density at radius 3 is 2.48 bits per heavy atom. The lowest BCUT2D eigenvalue weighted by Crippen LogP contribution is -2.40. The SMILES string of the molecule is COC[C@@H](C)N(Cc1cccc(C)c1)C(=O)c1ccc(CCN)cc1. The van der Waals surface area contributed by atoms with Crippen LogP contribution >= 0.6 is 0 Å². The molecule has 1 amide bonds. The molecule has 1 atom stereocenters. The van der Waals surface area contributed by atoms with Gasteiger partial charge in [0.2, 0.25) is 0 Å². The first kappa shape index (κ1) is 19.2. The Hall–Kier alpha value is -2.17. The van der Waals surface area contributed by atoms with E-state index in [0.717, 1.165) is 17.5 Å². The number of amides is 1. The van der Waals surface area contributed by atoms with Gasteiger partial charge in [0, 0.05) is 19.2 Å². The van der Waals surface area contributed by atoms with Gasteiger partial charge in [0.1, 0.15) is 0 Å². The molecule has 25 heavy (non-hydrogen) atoms. The molecule has 0 spiro atoms. The van der Waals surface area contributed by atoms with E-state index in [-0.39, 0.29) is 11.9 Å². The van der Waals surface area contributed by atoms with Crippen LogP contribution in [0, 0.1) is 6.92 Å². The number of hydrogen-bond donors (Lipinski definition) is 1. The summed E-state index contributed by atoms with van der Waals surface area (Å²) in [5.74, 6) is 0.0188. The maximum Gasteiger partial charge on any atom is 0.254 e. The van der Waals surface area contributed by atoms with Crippen molar-refractivity contribution in [3.63, 3.8) is 0 Å². The number of carbonyl (C=O) groups excluding carboxylic acids is 1. The van der Waals surface area contributed by atoms with Crippen molar-refractivity contribution in [2.75, 3.05) is 20.3 Å². The average molecular weight is 340 g/mol. The van der Waals surface area contributed by atoms with E-state index in [1.807, 2.05) is 42.2 Å². The molecule has 2 aromatic carbocycles. The zero-order chi connectivity index (χ0) is 18.2. The van der Waals surface area contributed by atoms with Crippen molar-refractivity contribution in [2.45, 2.75) is 32.9 Å². The van der Waals surface area contributed by atoms with E-state index < -0.39 is 0 Å². The number of nitrogens with two attached hydrogens (primary N) is 1. The van der Waals surface area contributed by atoms with Crippen LogP contribution in [-0.4, -0.2) is 37.1 Å². The summed E-state index contributed by atoms with van der Waals surface area (Å²) in [6.07, 6.45) is 0.821. The molecule has 4 nitrogen and oxygen atoms in total. The van der Waals surface area contributed by atoms with E-state index in [1.54, 1.807) is 7.11 Å². The van der Waals surface area contributed by atoms with Gasteiger partial charge in [-0.25, -0.2) is 0 Å². The molecule has 0 aliphatic heterocycles. The first-order valence-corrected chi connectivity index (χ1v) is 8.69. The lowest BCUT2D eigenvalue weighted by atomic mass is 10.1. The molecule has 0 saturated heterocycles. The number of methoxy groups -OCH3 is 1. The molecule has 0 radical (unpaired) electrons. The Bertz CT molecular complexity index is 683. The molecule has 0 unspecified atom stereocenters. The molecule has 2 aromatic rings. The Morgan fingerprint density at radius 2 is 1.88 bits per heavy atom. The minimum absolute atomic E-state index is 0.0123. The molecule has 4 heteroatoms. The van der Waals surface area contributed by atoms with E-state index in [0.29, 0.717) is 25.3 Å². The fraction of sp³-hybridized carbons (Fsp3) is 0.381. The minimum Gasteiger partial charge on any atom is -0.383 e. The van der Waals surface area contributed by atoms with Crippen molar-refractivity contribution in [3.05, 3.63) is 70.8 Å². The van der Waals surface area contributed by atoms with Crippen LogP contribution in [-0.2, 0) is 17.7 Å². The summed E-state index contributed by atoms with van der Waals surface area (Å²) in [7, 11) is 1.66. The number of benzene rings is 2. The molecule has 134 valence electrons. The van der Waals surface area contributed by atoms with Crippen molar-refractivity contribution in [2.24, 2.45) is 5.73 Å². The lowest BCUT2D eigenvalue weighted by Gasteiger charge is -2.29. The van der Waals surface area contributed by atoms with Gasteiger partial charge >= 0.3 is 0 Å². The minimum atomic E-state index is -0.0123. The fourth-order valence-electron chi connectivity index (χ4n) is 2.91. The van der Waals surface area contributed by atoms with Gasteiger partial charge in [-0.1, -0.05) is 42.0 Å². The maximum absolute atomic E-state index is 13.1. The van der Waals surface area contributed by atoms with E-state index in [9.17, 15) is 4.79 Å². The Kier molecular flexibility index (Phi) is 7.16. The molecule has 0 bridgehead atoms. The summed E-state index contributed by atoms with van der Waals surface area (Å²) >= 11 is 0. The average Bonchev–Trinajstić information content (AvgIpc) is 2.60. The highest BCUT2D eigenvalue weighted by molar-refractivity contribution is 5.94. The number of rotatable bonds is 8. The predicted octanol–water partition coefficient (Wildman–Crippen LogP) is 3.17. The first-order chi connectivity index (χ1) is 12.0. The fourth-order valence-corrected chi connectivity index (χ4v) is 2.91. The van der Waals surface area contributed by atoms with Crippen LogP contribution < -0.4 is 5.73 Å². The topological polar surface area (TPSA) is 55.6 Å². The predicted molar refractivity (Wildman–Crippen MR) is 102 cm³/mol. The van der Waals surface area contributed by atoms with Gasteiger partial charge < -0.3 is 15.4 Å². The Morgan fingerprint density at radius 1 is 1.16 bits per heavy atom. The second-order valence-electron chi connectivity index (χ2n) is 6.46. The van der Waals surface area contributed by atoms with Crippen molar-refractivity contribution in [1.29, 1.82) is 0 Å². The van der Waals surface area contributed by atoms with Crippen LogP contribution in [0.15, 0.2) is 48.5 Å². The van der Waals surface area contributed by atoms with Gasteiger partial charge in [-0.2, -0.15) is 0 Å². The van der Waals surface area contributed by atoms with Crippen LogP contribution in [0.4, 0.5) is 0 Å². The summed E-state index contributed by atoms with van der Waals surface area (Å²) in [5, 5.41) is 0. The smallest absolute Gasteiger partial charge is 0.254 e. The van der Waals surface area contributed by atoms with Crippen molar-refractivity contribution >= 4 is 5.91 Å². The molecule has 0 heterocycles. The molecule has 0 aromatic heterocycles. The summed E-state index contributed by atoms with van der Waals surface area (Å²) in [6, 6.07) is 16.0.